The maximum atomic E-state index is 13.5. The van der Waals surface area contributed by atoms with Gasteiger partial charge in [-0.1, -0.05) is 20.8 Å². The molecule has 5 saturated carbocycles. The van der Waals surface area contributed by atoms with Crippen LogP contribution in [0.1, 0.15) is 86.0 Å². The molecule has 0 aromatic rings. The van der Waals surface area contributed by atoms with E-state index in [1.807, 2.05) is 6.92 Å². The summed E-state index contributed by atoms with van der Waals surface area (Å²) in [4.78, 5) is 13.5. The molecule has 12 heteroatoms. The van der Waals surface area contributed by atoms with Gasteiger partial charge in [-0.25, -0.2) is 0 Å². The first-order chi connectivity index (χ1) is 21.3. The zero-order chi connectivity index (χ0) is 33.6. The highest BCUT2D eigenvalue weighted by Gasteiger charge is 2.81. The minimum absolute atomic E-state index is 0.0278. The second-order valence-corrected chi connectivity index (χ2v) is 17.1. The molecule has 12 nitrogen and oxygen atoms in total. The number of ketones is 1. The highest BCUT2D eigenvalue weighted by atomic mass is 16.8. The number of carbonyl (C=O) groups excluding carboxylic acids is 1. The van der Waals surface area contributed by atoms with Crippen LogP contribution in [-0.4, -0.2) is 119 Å². The fourth-order valence-electron chi connectivity index (χ4n) is 12.1. The molecular formula is C34H54O12. The van der Waals surface area contributed by atoms with Gasteiger partial charge in [0.05, 0.1) is 30.0 Å². The van der Waals surface area contributed by atoms with Gasteiger partial charge in [-0.05, 0) is 81.5 Å². The van der Waals surface area contributed by atoms with E-state index in [-0.39, 0.29) is 35.4 Å². The Morgan fingerprint density at radius 1 is 0.913 bits per heavy atom. The van der Waals surface area contributed by atoms with Crippen LogP contribution in [0.2, 0.25) is 0 Å². The Kier molecular flexibility index (Phi) is 7.61. The van der Waals surface area contributed by atoms with E-state index in [4.69, 9.17) is 14.2 Å². The van der Waals surface area contributed by atoms with E-state index < -0.39 is 89.4 Å². The summed E-state index contributed by atoms with van der Waals surface area (Å²) >= 11 is 0. The molecule has 0 aromatic heterocycles. The van der Waals surface area contributed by atoms with Gasteiger partial charge in [-0.15, -0.1) is 0 Å². The number of carbonyl (C=O) groups is 1. The third-order valence-electron chi connectivity index (χ3n) is 15.5. The van der Waals surface area contributed by atoms with E-state index in [0.29, 0.717) is 31.6 Å². The summed E-state index contributed by atoms with van der Waals surface area (Å²) in [5.41, 5.74) is -6.38. The summed E-state index contributed by atoms with van der Waals surface area (Å²) in [6.07, 6.45) is -5.96. The molecule has 262 valence electrons. The Morgan fingerprint density at radius 2 is 1.59 bits per heavy atom. The van der Waals surface area contributed by atoms with Gasteiger partial charge in [0.15, 0.2) is 12.6 Å². The van der Waals surface area contributed by atoms with E-state index in [1.54, 1.807) is 0 Å². The number of ether oxygens (including phenoxy) is 3. The van der Waals surface area contributed by atoms with Gasteiger partial charge in [0.2, 0.25) is 0 Å². The fourth-order valence-corrected chi connectivity index (χ4v) is 12.1. The van der Waals surface area contributed by atoms with Gasteiger partial charge in [-0.2, -0.15) is 0 Å². The number of rotatable bonds is 5. The normalized spacial score (nSPS) is 61.8. The Morgan fingerprint density at radius 3 is 2.26 bits per heavy atom. The molecule has 1 spiro atoms. The van der Waals surface area contributed by atoms with Gasteiger partial charge in [0.25, 0.3) is 0 Å². The van der Waals surface area contributed by atoms with Crippen molar-refractivity contribution in [3.05, 3.63) is 0 Å². The average Bonchev–Trinajstić information content (AvgIpc) is 3.57. The Bertz CT molecular complexity index is 1240. The van der Waals surface area contributed by atoms with Crippen molar-refractivity contribution in [2.24, 2.45) is 45.8 Å². The van der Waals surface area contributed by atoms with Crippen molar-refractivity contribution in [1.82, 2.24) is 0 Å². The minimum atomic E-state index is -2.01. The summed E-state index contributed by atoms with van der Waals surface area (Å²) in [6.45, 7) is 8.23. The van der Waals surface area contributed by atoms with Crippen LogP contribution in [0.3, 0.4) is 0 Å². The van der Waals surface area contributed by atoms with Crippen molar-refractivity contribution in [1.29, 1.82) is 0 Å². The van der Waals surface area contributed by atoms with Crippen molar-refractivity contribution >= 4 is 5.78 Å². The van der Waals surface area contributed by atoms with E-state index in [1.165, 1.54) is 13.8 Å². The maximum absolute atomic E-state index is 13.5. The monoisotopic (exact) mass is 654 g/mol. The number of fused-ring (bicyclic) bond motifs is 4. The van der Waals surface area contributed by atoms with Gasteiger partial charge in [-0.3, -0.25) is 4.79 Å². The smallest absolute Gasteiger partial charge is 0.192 e. The molecule has 0 bridgehead atoms. The lowest BCUT2D eigenvalue weighted by atomic mass is 9.44. The Balaban J connectivity index is 1.14. The molecule has 2 heterocycles. The Hall–Kier alpha value is -0.770. The average molecular weight is 655 g/mol. The van der Waals surface area contributed by atoms with Crippen LogP contribution >= 0.6 is 0 Å². The zero-order valence-corrected chi connectivity index (χ0v) is 27.6. The second kappa shape index (κ2) is 10.4. The predicted octanol–water partition coefficient (Wildman–Crippen LogP) is -0.0204. The van der Waals surface area contributed by atoms with Crippen LogP contribution in [0.5, 0.6) is 0 Å². The first-order valence-corrected chi connectivity index (χ1v) is 17.3. The zero-order valence-electron chi connectivity index (χ0n) is 27.6. The van der Waals surface area contributed by atoms with Crippen molar-refractivity contribution in [3.8, 4) is 0 Å². The quantitative estimate of drug-likeness (QED) is 0.197. The van der Waals surface area contributed by atoms with Crippen molar-refractivity contribution in [3.63, 3.8) is 0 Å². The molecule has 0 radical (unpaired) electrons. The molecule has 19 atom stereocenters. The molecule has 2 aliphatic heterocycles. The molecule has 5 aliphatic carbocycles. The summed E-state index contributed by atoms with van der Waals surface area (Å²) in [6, 6.07) is 0. The highest BCUT2D eigenvalue weighted by Crippen LogP contribution is 2.81. The molecule has 2 saturated heterocycles. The van der Waals surface area contributed by atoms with Gasteiger partial charge >= 0.3 is 0 Å². The molecule has 7 fully saturated rings. The molecule has 8 N–H and O–H groups in total. The number of aliphatic hydroxyl groups is 8. The van der Waals surface area contributed by atoms with E-state index >= 15 is 0 Å². The standard InChI is InChI=1S/C34H54O12/c1-15(20-13-30(3,41)32(5,42)28(45-20)46-27-26(40)25(39)24(38)21(14-35)44-27)34(43)9-7-18-17-11-23(37)33-12-16(33)10-22(36)31(33,4)19(17)6-8-29(18,34)2/h15-21,23-28,35,37-43H,6-14H2,1-5H3/t15-,16-,17+,18+,19+,20-,21-,23-,24-,25+,26-,27+,28+,29+,30-,31+,32-,33+,34+/m1/s1. The molecule has 0 aromatic carbocycles. The summed E-state index contributed by atoms with van der Waals surface area (Å²) < 4.78 is 17.7. The number of aliphatic hydroxyl groups excluding tert-OH is 5. The molecule has 7 rings (SSSR count). The van der Waals surface area contributed by atoms with Gasteiger partial charge < -0.3 is 55.1 Å². The van der Waals surface area contributed by atoms with Crippen LogP contribution in [0.4, 0.5) is 0 Å². The first kappa shape index (κ1) is 33.7. The van der Waals surface area contributed by atoms with E-state index in [2.05, 4.69) is 13.8 Å². The van der Waals surface area contributed by atoms with Crippen molar-refractivity contribution in [2.75, 3.05) is 6.61 Å². The predicted molar refractivity (Wildman–Crippen MR) is 159 cm³/mol. The summed E-state index contributed by atoms with van der Waals surface area (Å²) in [7, 11) is 0. The Labute approximate surface area is 270 Å². The van der Waals surface area contributed by atoms with Crippen molar-refractivity contribution < 1.29 is 59.9 Å². The highest BCUT2D eigenvalue weighted by molar-refractivity contribution is 5.91. The summed E-state index contributed by atoms with van der Waals surface area (Å²) in [5.74, 6) is 0.400. The molecular weight excluding hydrogens is 600 g/mol. The molecule has 46 heavy (non-hydrogen) atoms. The molecule has 0 amide bonds. The minimum Gasteiger partial charge on any atom is -0.394 e. The lowest BCUT2D eigenvalue weighted by Crippen LogP contribution is -2.69. The maximum Gasteiger partial charge on any atom is 0.192 e. The number of Topliss-reactive ketones (excluding diaryl/α,β-unsaturated/α-hetero) is 1. The molecule has 7 aliphatic rings. The van der Waals surface area contributed by atoms with Gasteiger partial charge in [0, 0.05) is 29.6 Å². The van der Waals surface area contributed by atoms with Crippen LogP contribution in [-0.2, 0) is 19.0 Å². The fraction of sp³-hybridized carbons (Fsp3) is 0.971. The summed E-state index contributed by atoms with van der Waals surface area (Å²) in [5, 5.41) is 88.0. The number of hydrogen-bond donors (Lipinski definition) is 8. The van der Waals surface area contributed by atoms with E-state index in [9.17, 15) is 45.6 Å². The van der Waals surface area contributed by atoms with Crippen molar-refractivity contribution in [2.45, 2.75) is 152 Å². The molecule has 0 unspecified atom stereocenters. The second-order valence-electron chi connectivity index (χ2n) is 17.1. The van der Waals surface area contributed by atoms with Crippen LogP contribution in [0.25, 0.3) is 0 Å². The topological polar surface area (TPSA) is 207 Å². The first-order valence-electron chi connectivity index (χ1n) is 17.3. The lowest BCUT2D eigenvalue weighted by Gasteiger charge is -2.61. The third kappa shape index (κ3) is 4.03. The third-order valence-corrected chi connectivity index (χ3v) is 15.5. The SMILES string of the molecule is C[C@H]([C@H]1C[C@@](C)(O)[C@](C)(O)[C@H](O[C@@H]2O[C@H](CO)[C@@H](O)[C@H](O)[C@H]2O)O1)[C@@]1(O)CC[C@H]2[C@@H]3C[C@@H](O)[C@]45C[C@H]4CC(=O)[C@]5(C)[C@H]3CC[C@@]21C. The van der Waals surface area contributed by atoms with Crippen LogP contribution < -0.4 is 0 Å². The van der Waals surface area contributed by atoms with Crippen LogP contribution in [0, 0.1) is 45.8 Å². The van der Waals surface area contributed by atoms with Crippen LogP contribution in [0.15, 0.2) is 0 Å². The van der Waals surface area contributed by atoms with Gasteiger partial charge in [0.1, 0.15) is 35.8 Å². The van der Waals surface area contributed by atoms with E-state index in [0.717, 1.165) is 19.3 Å². The number of hydrogen-bond acceptors (Lipinski definition) is 12. The lowest BCUT2D eigenvalue weighted by molar-refractivity contribution is -0.400. The largest absolute Gasteiger partial charge is 0.394 e.